The molecule has 0 aliphatic heterocycles. The van der Waals surface area contributed by atoms with Crippen LogP contribution in [0.1, 0.15) is 16.5 Å². The van der Waals surface area contributed by atoms with Gasteiger partial charge >= 0.3 is 0 Å². The normalized spacial score (nSPS) is 12.8. The van der Waals surface area contributed by atoms with E-state index in [9.17, 15) is 5.11 Å². The summed E-state index contributed by atoms with van der Waals surface area (Å²) in [5.74, 6) is 0. The summed E-state index contributed by atoms with van der Waals surface area (Å²) in [6.07, 6.45) is -0.625. The van der Waals surface area contributed by atoms with Crippen LogP contribution in [0.25, 0.3) is 0 Å². The van der Waals surface area contributed by atoms with Crippen LogP contribution in [0.2, 0.25) is 5.02 Å². The van der Waals surface area contributed by atoms with E-state index in [1.165, 1.54) is 11.3 Å². The number of rotatable bonds is 2. The first kappa shape index (κ1) is 12.8. The highest BCUT2D eigenvalue weighted by Gasteiger charge is 2.17. The average molecular weight is 430 g/mol. The molecule has 0 saturated heterocycles. The van der Waals surface area contributed by atoms with Crippen LogP contribution in [-0.4, -0.2) is 5.11 Å². The zero-order chi connectivity index (χ0) is 11.7. The van der Waals surface area contributed by atoms with Gasteiger partial charge in [0.15, 0.2) is 0 Å². The molecule has 1 heterocycles. The van der Waals surface area contributed by atoms with E-state index in [0.29, 0.717) is 5.02 Å². The standard InChI is InChI=1S/C11H7BrClIOS/c12-8-3-4-16-11(8)10(15)7-5-6(13)1-2-9(7)14/h1-5,10,15H. The summed E-state index contributed by atoms with van der Waals surface area (Å²) >= 11 is 13.1. The van der Waals surface area contributed by atoms with E-state index in [1.807, 2.05) is 23.6 Å². The molecule has 5 heteroatoms. The number of hydrogen-bond donors (Lipinski definition) is 1. The molecule has 2 rings (SSSR count). The van der Waals surface area contributed by atoms with Gasteiger partial charge in [-0.1, -0.05) is 11.6 Å². The summed E-state index contributed by atoms with van der Waals surface area (Å²) in [4.78, 5) is 0.903. The lowest BCUT2D eigenvalue weighted by molar-refractivity contribution is 0.222. The van der Waals surface area contributed by atoms with E-state index in [2.05, 4.69) is 38.5 Å². The van der Waals surface area contributed by atoms with Gasteiger partial charge in [-0.2, -0.15) is 0 Å². The molecule has 0 saturated carbocycles. The first-order chi connectivity index (χ1) is 7.59. The third kappa shape index (κ3) is 2.61. The summed E-state index contributed by atoms with van der Waals surface area (Å²) < 4.78 is 1.94. The predicted octanol–water partition coefficient (Wildman–Crippen LogP) is 4.85. The maximum absolute atomic E-state index is 10.3. The molecule has 1 nitrogen and oxygen atoms in total. The molecule has 0 amide bonds. The summed E-state index contributed by atoms with van der Waals surface area (Å²) in [6, 6.07) is 7.47. The first-order valence-electron chi connectivity index (χ1n) is 4.45. The molecule has 0 fully saturated rings. The molecular weight excluding hydrogens is 422 g/mol. The SMILES string of the molecule is OC(c1cc(Cl)ccc1I)c1sccc1Br. The van der Waals surface area contributed by atoms with Crippen LogP contribution < -0.4 is 0 Å². The highest BCUT2D eigenvalue weighted by molar-refractivity contribution is 14.1. The van der Waals surface area contributed by atoms with Crippen LogP contribution in [0.15, 0.2) is 34.1 Å². The Labute approximate surface area is 125 Å². The fourth-order valence-electron chi connectivity index (χ4n) is 1.37. The van der Waals surface area contributed by atoms with E-state index in [0.717, 1.165) is 18.5 Å². The van der Waals surface area contributed by atoms with Crippen molar-refractivity contribution in [3.8, 4) is 0 Å². The van der Waals surface area contributed by atoms with Crippen LogP contribution in [0.4, 0.5) is 0 Å². The van der Waals surface area contributed by atoms with Crippen molar-refractivity contribution in [3.05, 3.63) is 53.2 Å². The van der Waals surface area contributed by atoms with Crippen LogP contribution in [-0.2, 0) is 0 Å². The lowest BCUT2D eigenvalue weighted by Crippen LogP contribution is -2.00. The van der Waals surface area contributed by atoms with Gasteiger partial charge < -0.3 is 5.11 Å². The summed E-state index contributed by atoms with van der Waals surface area (Å²) in [7, 11) is 0. The Hall–Kier alpha value is 0.380. The molecule has 0 radical (unpaired) electrons. The zero-order valence-corrected chi connectivity index (χ0v) is 13.3. The molecule has 1 unspecified atom stereocenters. The van der Waals surface area contributed by atoms with E-state index in [4.69, 9.17) is 11.6 Å². The average Bonchev–Trinajstić information content (AvgIpc) is 2.67. The van der Waals surface area contributed by atoms with Crippen molar-refractivity contribution in [1.82, 2.24) is 0 Å². The monoisotopic (exact) mass is 428 g/mol. The summed E-state index contributed by atoms with van der Waals surface area (Å²) in [6.45, 7) is 0. The van der Waals surface area contributed by atoms with Gasteiger partial charge in [0.05, 0.1) is 4.88 Å². The number of aliphatic hydroxyl groups is 1. The molecule has 2 aromatic rings. The molecule has 0 spiro atoms. The van der Waals surface area contributed by atoms with Crippen LogP contribution >= 0.6 is 61.5 Å². The van der Waals surface area contributed by atoms with Gasteiger partial charge in [-0.25, -0.2) is 0 Å². The van der Waals surface area contributed by atoms with Gasteiger partial charge in [0, 0.05) is 18.6 Å². The Kier molecular flexibility index (Phi) is 4.29. The largest absolute Gasteiger partial charge is 0.383 e. The maximum Gasteiger partial charge on any atom is 0.115 e. The predicted molar refractivity (Wildman–Crippen MR) is 80.2 cm³/mol. The molecule has 0 aliphatic rings. The van der Waals surface area contributed by atoms with Crippen LogP contribution in [0.3, 0.4) is 0 Å². The number of hydrogen-bond acceptors (Lipinski definition) is 2. The molecule has 84 valence electrons. The Morgan fingerprint density at radius 1 is 1.38 bits per heavy atom. The molecule has 1 aromatic carbocycles. The van der Waals surface area contributed by atoms with E-state index in [1.54, 1.807) is 6.07 Å². The van der Waals surface area contributed by atoms with Gasteiger partial charge in [-0.15, -0.1) is 11.3 Å². The highest BCUT2D eigenvalue weighted by Crippen LogP contribution is 2.35. The third-order valence-electron chi connectivity index (χ3n) is 2.15. The molecule has 1 N–H and O–H groups in total. The fourth-order valence-corrected chi connectivity index (χ4v) is 3.77. The quantitative estimate of drug-likeness (QED) is 0.677. The lowest BCUT2D eigenvalue weighted by Gasteiger charge is -2.12. The minimum atomic E-state index is -0.625. The fraction of sp³-hybridized carbons (Fsp3) is 0.0909. The topological polar surface area (TPSA) is 20.2 Å². The van der Waals surface area contributed by atoms with Crippen molar-refractivity contribution < 1.29 is 5.11 Å². The Morgan fingerprint density at radius 3 is 2.75 bits per heavy atom. The Morgan fingerprint density at radius 2 is 2.12 bits per heavy atom. The van der Waals surface area contributed by atoms with Crippen LogP contribution in [0.5, 0.6) is 0 Å². The molecule has 0 bridgehead atoms. The van der Waals surface area contributed by atoms with E-state index < -0.39 is 6.10 Å². The lowest BCUT2D eigenvalue weighted by atomic mass is 10.1. The smallest absolute Gasteiger partial charge is 0.115 e. The summed E-state index contributed by atoms with van der Waals surface area (Å²) in [5.41, 5.74) is 0.844. The molecule has 0 aliphatic carbocycles. The maximum atomic E-state index is 10.3. The number of thiophene rings is 1. The number of aliphatic hydroxyl groups excluding tert-OH is 1. The molecular formula is C11H7BrClIOS. The summed E-state index contributed by atoms with van der Waals surface area (Å²) in [5, 5.41) is 12.9. The first-order valence-corrected chi connectivity index (χ1v) is 7.58. The molecule has 1 aromatic heterocycles. The Bertz CT molecular complexity index is 514. The van der Waals surface area contributed by atoms with Crippen LogP contribution in [0, 0.1) is 3.57 Å². The van der Waals surface area contributed by atoms with Crippen molar-refractivity contribution in [2.45, 2.75) is 6.10 Å². The number of halogens is 3. The molecule has 1 atom stereocenters. The second kappa shape index (κ2) is 5.35. The number of benzene rings is 1. The van der Waals surface area contributed by atoms with Crippen molar-refractivity contribution in [2.75, 3.05) is 0 Å². The van der Waals surface area contributed by atoms with Gasteiger partial charge in [0.25, 0.3) is 0 Å². The van der Waals surface area contributed by atoms with Gasteiger partial charge in [-0.05, 0) is 68.2 Å². The van der Waals surface area contributed by atoms with Gasteiger partial charge in [0.1, 0.15) is 6.10 Å². The minimum Gasteiger partial charge on any atom is -0.383 e. The van der Waals surface area contributed by atoms with Crippen molar-refractivity contribution in [1.29, 1.82) is 0 Å². The Balaban J connectivity index is 2.45. The molecule has 16 heavy (non-hydrogen) atoms. The second-order valence-electron chi connectivity index (χ2n) is 3.20. The van der Waals surface area contributed by atoms with E-state index >= 15 is 0 Å². The minimum absolute atomic E-state index is 0.625. The van der Waals surface area contributed by atoms with E-state index in [-0.39, 0.29) is 0 Å². The van der Waals surface area contributed by atoms with Crippen molar-refractivity contribution in [3.63, 3.8) is 0 Å². The highest BCUT2D eigenvalue weighted by atomic mass is 127. The van der Waals surface area contributed by atoms with Gasteiger partial charge in [-0.3, -0.25) is 0 Å². The second-order valence-corrected chi connectivity index (χ2v) is 6.60. The van der Waals surface area contributed by atoms with Crippen molar-refractivity contribution in [2.24, 2.45) is 0 Å². The zero-order valence-electron chi connectivity index (χ0n) is 7.95. The van der Waals surface area contributed by atoms with Gasteiger partial charge in [0.2, 0.25) is 0 Å². The third-order valence-corrected chi connectivity index (χ3v) is 5.29. The van der Waals surface area contributed by atoms with Crippen molar-refractivity contribution >= 4 is 61.5 Å².